The average molecular weight is 654 g/mol. The standard InChI is InChI=1S/C30H44N3O11P/c1-7-10-11-12-23(24(8-2)33(38)19-34)27(35)31-18-32-28(36)26-14-13-25(43-26)20-15-21(42-9-3)17-22(16-20)45(39,40)44-30(4,5)29(37)41-6/h13-17,19,23-24,38H,7-12,18H2,1-6H3,(H,31,35)(H,32,36)(H,39,40)/t23-,24-/m1/s1. The highest BCUT2D eigenvalue weighted by atomic mass is 31.2. The molecule has 3 amide bonds. The smallest absolute Gasteiger partial charge is 0.360 e. The minimum Gasteiger partial charge on any atom is -0.494 e. The molecule has 0 aliphatic rings. The summed E-state index contributed by atoms with van der Waals surface area (Å²) in [6.45, 7) is 8.12. The Morgan fingerprint density at radius 3 is 2.42 bits per heavy atom. The van der Waals surface area contributed by atoms with Crippen LogP contribution in [0, 0.1) is 5.92 Å². The number of nitrogens with zero attached hydrogens (tertiary/aromatic N) is 1. The predicted octanol–water partition coefficient (Wildman–Crippen LogP) is 3.75. The summed E-state index contributed by atoms with van der Waals surface area (Å²) in [5.41, 5.74) is -1.44. The maximum atomic E-state index is 13.2. The molecule has 4 N–H and O–H groups in total. The maximum Gasteiger partial charge on any atom is 0.360 e. The van der Waals surface area contributed by atoms with Gasteiger partial charge in [0.2, 0.25) is 12.3 Å². The molecule has 250 valence electrons. The Bertz CT molecular complexity index is 1360. The van der Waals surface area contributed by atoms with Crippen LogP contribution in [0.1, 0.15) is 77.3 Å². The van der Waals surface area contributed by atoms with E-state index in [0.29, 0.717) is 23.5 Å². The lowest BCUT2D eigenvalue weighted by molar-refractivity contribution is -0.168. The van der Waals surface area contributed by atoms with Gasteiger partial charge < -0.3 is 29.4 Å². The number of nitrogens with one attached hydrogen (secondary N) is 2. The summed E-state index contributed by atoms with van der Waals surface area (Å²) >= 11 is 0. The Labute approximate surface area is 262 Å². The second-order valence-corrected chi connectivity index (χ2v) is 12.5. The Balaban J connectivity index is 2.20. The second kappa shape index (κ2) is 17.1. The van der Waals surface area contributed by atoms with Gasteiger partial charge in [0, 0.05) is 5.56 Å². The number of carbonyl (C=O) groups excluding carboxylic acids is 4. The summed E-state index contributed by atoms with van der Waals surface area (Å²) in [5.74, 6) is -2.32. The van der Waals surface area contributed by atoms with Gasteiger partial charge in [-0.3, -0.25) is 28.7 Å². The summed E-state index contributed by atoms with van der Waals surface area (Å²) in [4.78, 5) is 59.8. The van der Waals surface area contributed by atoms with Crippen molar-refractivity contribution in [1.29, 1.82) is 0 Å². The van der Waals surface area contributed by atoms with E-state index in [9.17, 15) is 33.8 Å². The molecule has 3 atom stereocenters. The highest BCUT2D eigenvalue weighted by Crippen LogP contribution is 2.47. The molecule has 14 nitrogen and oxygen atoms in total. The van der Waals surface area contributed by atoms with Crippen LogP contribution < -0.4 is 20.7 Å². The van der Waals surface area contributed by atoms with Gasteiger partial charge in [0.05, 0.1) is 37.6 Å². The van der Waals surface area contributed by atoms with E-state index in [0.717, 1.165) is 26.4 Å². The van der Waals surface area contributed by atoms with Gasteiger partial charge in [-0.1, -0.05) is 33.1 Å². The van der Waals surface area contributed by atoms with Crippen molar-refractivity contribution < 1.29 is 52.3 Å². The molecule has 0 aliphatic carbocycles. The normalized spacial score (nSPS) is 14.0. The quantitative estimate of drug-likeness (QED) is 0.0328. The van der Waals surface area contributed by atoms with Crippen molar-refractivity contribution >= 4 is 37.1 Å². The summed E-state index contributed by atoms with van der Waals surface area (Å²) in [6.07, 6.45) is 3.62. The minimum absolute atomic E-state index is 0.105. The second-order valence-electron chi connectivity index (χ2n) is 10.7. The minimum atomic E-state index is -4.58. The van der Waals surface area contributed by atoms with Crippen LogP contribution in [0.3, 0.4) is 0 Å². The number of furan rings is 1. The van der Waals surface area contributed by atoms with Crippen LogP contribution in [-0.4, -0.2) is 71.4 Å². The third kappa shape index (κ3) is 10.4. The number of amides is 3. The third-order valence-electron chi connectivity index (χ3n) is 6.97. The molecule has 45 heavy (non-hydrogen) atoms. The number of carbonyl (C=O) groups is 4. The van der Waals surface area contributed by atoms with E-state index >= 15 is 0 Å². The number of hydrogen-bond acceptors (Lipinski definition) is 10. The summed E-state index contributed by atoms with van der Waals surface area (Å²) in [7, 11) is -3.45. The summed E-state index contributed by atoms with van der Waals surface area (Å²) < 4.78 is 34.4. The summed E-state index contributed by atoms with van der Waals surface area (Å²) in [5, 5.41) is 15.5. The SMILES string of the molecule is CCCCC[C@@H](C(=O)NCNC(=O)c1ccc(-c2cc(OCC)cc(P(=O)(O)OC(C)(C)C(=O)OC)c2)o1)[C@@H](CC)N(O)C=O. The zero-order valence-electron chi connectivity index (χ0n) is 26.5. The lowest BCUT2D eigenvalue weighted by atomic mass is 9.90. The van der Waals surface area contributed by atoms with E-state index in [-0.39, 0.29) is 42.3 Å². The van der Waals surface area contributed by atoms with Crippen molar-refractivity contribution in [3.8, 4) is 17.1 Å². The first-order valence-electron chi connectivity index (χ1n) is 14.7. The molecule has 1 heterocycles. The van der Waals surface area contributed by atoms with Crippen molar-refractivity contribution in [2.24, 2.45) is 5.92 Å². The molecular weight excluding hydrogens is 609 g/mol. The van der Waals surface area contributed by atoms with E-state index in [1.165, 1.54) is 38.1 Å². The monoisotopic (exact) mass is 653 g/mol. The molecule has 2 aromatic rings. The fourth-order valence-corrected chi connectivity index (χ4v) is 6.07. The molecule has 1 aromatic heterocycles. The lowest BCUT2D eigenvalue weighted by Gasteiger charge is -2.29. The summed E-state index contributed by atoms with van der Waals surface area (Å²) in [6, 6.07) is 6.34. The maximum absolute atomic E-state index is 13.2. The van der Waals surface area contributed by atoms with E-state index < -0.39 is 42.9 Å². The fraction of sp³-hybridized carbons (Fsp3) is 0.533. The number of esters is 1. The first-order valence-corrected chi connectivity index (χ1v) is 16.3. The first kappa shape index (κ1) is 37.5. The van der Waals surface area contributed by atoms with Crippen molar-refractivity contribution in [3.05, 3.63) is 36.1 Å². The molecule has 15 heteroatoms. The van der Waals surface area contributed by atoms with Gasteiger partial charge in [-0.25, -0.2) is 9.86 Å². The van der Waals surface area contributed by atoms with Crippen molar-refractivity contribution in [3.63, 3.8) is 0 Å². The number of ether oxygens (including phenoxy) is 2. The molecule has 2 rings (SSSR count). The van der Waals surface area contributed by atoms with Gasteiger partial charge >= 0.3 is 13.6 Å². The number of hydroxylamine groups is 2. The first-order chi connectivity index (χ1) is 21.2. The Morgan fingerprint density at radius 2 is 1.82 bits per heavy atom. The van der Waals surface area contributed by atoms with E-state index in [4.69, 9.17) is 13.7 Å². The molecule has 0 spiro atoms. The Kier molecular flexibility index (Phi) is 14.3. The number of benzene rings is 1. The molecule has 0 radical (unpaired) electrons. The van der Waals surface area contributed by atoms with Crippen LogP contribution in [0.15, 0.2) is 34.7 Å². The van der Waals surface area contributed by atoms with Gasteiger partial charge in [-0.2, -0.15) is 0 Å². The molecule has 0 aliphatic heterocycles. The van der Waals surface area contributed by atoms with Crippen molar-refractivity contribution in [1.82, 2.24) is 15.7 Å². The molecule has 0 fully saturated rings. The predicted molar refractivity (Wildman–Crippen MR) is 164 cm³/mol. The van der Waals surface area contributed by atoms with Gasteiger partial charge in [-0.05, 0) is 63.9 Å². The van der Waals surface area contributed by atoms with Gasteiger partial charge in [0.25, 0.3) is 5.91 Å². The third-order valence-corrected chi connectivity index (χ3v) is 8.58. The Hall–Kier alpha value is -3.71. The molecule has 0 saturated heterocycles. The van der Waals surface area contributed by atoms with Crippen molar-refractivity contribution in [2.45, 2.75) is 78.4 Å². The lowest BCUT2D eigenvalue weighted by Crippen LogP contribution is -2.47. The van der Waals surface area contributed by atoms with Crippen LogP contribution >= 0.6 is 7.60 Å². The highest BCUT2D eigenvalue weighted by molar-refractivity contribution is 7.61. The average Bonchev–Trinajstić information content (AvgIpc) is 3.50. The van der Waals surface area contributed by atoms with Gasteiger partial charge in [-0.15, -0.1) is 0 Å². The van der Waals surface area contributed by atoms with E-state index in [1.807, 2.05) is 6.92 Å². The van der Waals surface area contributed by atoms with Crippen LogP contribution in [0.4, 0.5) is 0 Å². The van der Waals surface area contributed by atoms with Crippen molar-refractivity contribution in [2.75, 3.05) is 20.4 Å². The number of methoxy groups -OCH3 is 1. The topological polar surface area (TPSA) is 194 Å². The van der Waals surface area contributed by atoms with E-state index in [1.54, 1.807) is 19.9 Å². The van der Waals surface area contributed by atoms with Crippen LogP contribution in [0.2, 0.25) is 0 Å². The Morgan fingerprint density at radius 1 is 1.11 bits per heavy atom. The highest BCUT2D eigenvalue weighted by Gasteiger charge is 2.39. The van der Waals surface area contributed by atoms with Crippen LogP contribution in [0.5, 0.6) is 5.75 Å². The molecule has 0 saturated carbocycles. The number of unbranched alkanes of at least 4 members (excludes halogenated alkanes) is 2. The molecule has 0 bridgehead atoms. The fourth-order valence-electron chi connectivity index (χ4n) is 4.68. The van der Waals surface area contributed by atoms with E-state index in [2.05, 4.69) is 15.4 Å². The van der Waals surface area contributed by atoms with Crippen LogP contribution in [-0.2, 0) is 28.2 Å². The van der Waals surface area contributed by atoms with Gasteiger partial charge in [0.1, 0.15) is 11.5 Å². The number of rotatable bonds is 19. The number of hydrogen-bond donors (Lipinski definition) is 4. The molecule has 1 unspecified atom stereocenters. The zero-order chi connectivity index (χ0) is 33.8. The zero-order valence-corrected chi connectivity index (χ0v) is 27.4. The van der Waals surface area contributed by atoms with Crippen LogP contribution in [0.25, 0.3) is 11.3 Å². The van der Waals surface area contributed by atoms with Gasteiger partial charge in [0.15, 0.2) is 11.4 Å². The largest absolute Gasteiger partial charge is 0.494 e. The molecule has 1 aromatic carbocycles. The molecular formula is C30H44N3O11P.